The van der Waals surface area contributed by atoms with Crippen molar-refractivity contribution in [2.75, 3.05) is 11.1 Å². The summed E-state index contributed by atoms with van der Waals surface area (Å²) in [7, 11) is 0. The highest BCUT2D eigenvalue weighted by atomic mass is 35.5. The van der Waals surface area contributed by atoms with Gasteiger partial charge >= 0.3 is 0 Å². The number of hydrogen-bond donors (Lipinski definition) is 2. The van der Waals surface area contributed by atoms with Crippen molar-refractivity contribution < 1.29 is 0 Å². The summed E-state index contributed by atoms with van der Waals surface area (Å²) < 4.78 is 1.63. The number of nitrogens with one attached hydrogen (secondary N) is 1. The normalized spacial score (nSPS) is 11.9. The molecule has 8 nitrogen and oxygen atoms in total. The molecule has 9 heteroatoms. The molecule has 1 aromatic carbocycles. The second-order valence-corrected chi connectivity index (χ2v) is 6.86. The Hall–Kier alpha value is -3.70. The summed E-state index contributed by atoms with van der Waals surface area (Å²) >= 11 is 6.38. The van der Waals surface area contributed by atoms with Crippen LogP contribution in [0.15, 0.2) is 42.7 Å². The first-order valence-corrected chi connectivity index (χ1v) is 9.23. The van der Waals surface area contributed by atoms with Gasteiger partial charge < -0.3 is 11.1 Å². The van der Waals surface area contributed by atoms with Crippen LogP contribution in [0.4, 0.5) is 17.3 Å². The maximum absolute atomic E-state index is 7.37. The Balaban J connectivity index is 1.86. The van der Waals surface area contributed by atoms with Crippen LogP contribution in [0.5, 0.6) is 0 Å². The molecule has 0 radical (unpaired) electrons. The van der Waals surface area contributed by atoms with E-state index in [1.807, 2.05) is 50.2 Å². The zero-order chi connectivity index (χ0) is 20.5. The fourth-order valence-corrected chi connectivity index (χ4v) is 3.28. The first kappa shape index (κ1) is 18.7. The van der Waals surface area contributed by atoms with Gasteiger partial charge in [-0.3, -0.25) is 0 Å². The van der Waals surface area contributed by atoms with Crippen molar-refractivity contribution in [2.24, 2.45) is 0 Å². The van der Waals surface area contributed by atoms with Gasteiger partial charge in [0.2, 0.25) is 0 Å². The molecule has 0 saturated carbocycles. The van der Waals surface area contributed by atoms with Crippen molar-refractivity contribution in [3.05, 3.63) is 70.6 Å². The number of rotatable bonds is 4. The molecule has 0 bridgehead atoms. The molecule has 3 aromatic heterocycles. The van der Waals surface area contributed by atoms with Crippen molar-refractivity contribution in [1.82, 2.24) is 24.6 Å². The first-order chi connectivity index (χ1) is 14.0. The molecule has 29 heavy (non-hydrogen) atoms. The number of halogens is 1. The van der Waals surface area contributed by atoms with Crippen LogP contribution >= 0.6 is 11.6 Å². The van der Waals surface area contributed by atoms with Crippen LogP contribution in [0.1, 0.15) is 24.2 Å². The molecule has 4 aromatic rings. The standard InChI is InChI=1S/C20H17ClN8/c1-11(27-20-17(23-3)19(22)24-10-25-20)14-9-15-26-12(2)18(21)29(15)28-16(14)13-7-5-4-6-8-13/h4-11H,1-2H3,(H3,22,24,25,27)/t11-/m0/s1. The molecule has 0 aliphatic rings. The predicted molar refractivity (Wildman–Crippen MR) is 113 cm³/mol. The summed E-state index contributed by atoms with van der Waals surface area (Å²) in [4.78, 5) is 16.0. The zero-order valence-electron chi connectivity index (χ0n) is 15.8. The van der Waals surface area contributed by atoms with E-state index in [-0.39, 0.29) is 17.5 Å². The molecule has 0 fully saturated rings. The topological polar surface area (TPSA) is 98.4 Å². The Labute approximate surface area is 172 Å². The molecule has 3 heterocycles. The Bertz CT molecular complexity index is 1240. The second-order valence-electron chi connectivity index (χ2n) is 6.51. The van der Waals surface area contributed by atoms with Gasteiger partial charge in [0.15, 0.2) is 10.8 Å². The Morgan fingerprint density at radius 2 is 2.00 bits per heavy atom. The number of fused-ring (bicyclic) bond motifs is 1. The lowest BCUT2D eigenvalue weighted by Crippen LogP contribution is -2.12. The zero-order valence-corrected chi connectivity index (χ0v) is 16.5. The number of nitrogens with two attached hydrogens (primary N) is 1. The van der Waals surface area contributed by atoms with Crippen molar-refractivity contribution in [1.29, 1.82) is 0 Å². The molecule has 0 amide bonds. The van der Waals surface area contributed by atoms with E-state index in [2.05, 4.69) is 25.1 Å². The van der Waals surface area contributed by atoms with Crippen molar-refractivity contribution in [3.63, 3.8) is 0 Å². The number of imidazole rings is 1. The summed E-state index contributed by atoms with van der Waals surface area (Å²) in [6.07, 6.45) is 1.33. The van der Waals surface area contributed by atoms with Crippen molar-refractivity contribution >= 4 is 34.6 Å². The largest absolute Gasteiger partial charge is 0.392 e. The molecule has 144 valence electrons. The van der Waals surface area contributed by atoms with Gasteiger partial charge in [-0.2, -0.15) is 5.10 Å². The molecule has 0 unspecified atom stereocenters. The van der Waals surface area contributed by atoms with Gasteiger partial charge in [0.1, 0.15) is 18.0 Å². The highest BCUT2D eigenvalue weighted by molar-refractivity contribution is 6.30. The van der Waals surface area contributed by atoms with Gasteiger partial charge in [0.05, 0.1) is 24.0 Å². The van der Waals surface area contributed by atoms with Crippen LogP contribution in [0, 0.1) is 13.5 Å². The average molecular weight is 405 g/mol. The van der Waals surface area contributed by atoms with Crippen LogP contribution in [0.2, 0.25) is 5.15 Å². The van der Waals surface area contributed by atoms with Crippen LogP contribution < -0.4 is 11.1 Å². The maximum Gasteiger partial charge on any atom is 0.268 e. The first-order valence-electron chi connectivity index (χ1n) is 8.85. The maximum atomic E-state index is 7.37. The lowest BCUT2D eigenvalue weighted by atomic mass is 10.0. The lowest BCUT2D eigenvalue weighted by Gasteiger charge is -2.19. The average Bonchev–Trinajstić information content (AvgIpc) is 3.01. The van der Waals surface area contributed by atoms with Gasteiger partial charge in [-0.1, -0.05) is 41.9 Å². The Kier molecular flexibility index (Phi) is 4.74. The Morgan fingerprint density at radius 3 is 2.72 bits per heavy atom. The number of nitrogen functional groups attached to an aromatic ring is 1. The number of hydrogen-bond acceptors (Lipinski definition) is 6. The van der Waals surface area contributed by atoms with E-state index in [1.54, 1.807) is 4.52 Å². The molecule has 0 saturated heterocycles. The fraction of sp³-hybridized carbons (Fsp3) is 0.150. The molecular formula is C20H17ClN8. The van der Waals surface area contributed by atoms with Gasteiger partial charge in [0, 0.05) is 11.1 Å². The summed E-state index contributed by atoms with van der Waals surface area (Å²) in [5, 5.41) is 8.49. The highest BCUT2D eigenvalue weighted by Crippen LogP contribution is 2.34. The van der Waals surface area contributed by atoms with E-state index >= 15 is 0 Å². The summed E-state index contributed by atoms with van der Waals surface area (Å²) in [6, 6.07) is 11.5. The third kappa shape index (κ3) is 3.32. The van der Waals surface area contributed by atoms with Gasteiger partial charge in [-0.15, -0.1) is 0 Å². The molecule has 1 atom stereocenters. The third-order valence-corrected chi connectivity index (χ3v) is 5.00. The van der Waals surface area contributed by atoms with E-state index in [1.165, 1.54) is 6.33 Å². The van der Waals surface area contributed by atoms with E-state index < -0.39 is 0 Å². The number of nitrogens with zero attached hydrogens (tertiary/aromatic N) is 6. The van der Waals surface area contributed by atoms with Gasteiger partial charge in [0.25, 0.3) is 5.69 Å². The molecule has 3 N–H and O–H groups in total. The SMILES string of the molecule is [C-]#[N+]c1c(N)ncnc1N[C@@H](C)c1cc2nc(C)c(Cl)n2nc1-c1ccccc1. The van der Waals surface area contributed by atoms with Crippen LogP contribution in [-0.2, 0) is 0 Å². The van der Waals surface area contributed by atoms with E-state index in [0.717, 1.165) is 16.8 Å². The number of benzene rings is 1. The number of anilines is 2. The number of aromatic nitrogens is 5. The van der Waals surface area contributed by atoms with Crippen molar-refractivity contribution in [2.45, 2.75) is 19.9 Å². The molecular weight excluding hydrogens is 388 g/mol. The monoisotopic (exact) mass is 404 g/mol. The molecule has 4 rings (SSSR count). The minimum absolute atomic E-state index is 0.136. The molecule has 0 aliphatic carbocycles. The summed E-state index contributed by atoms with van der Waals surface area (Å²) in [5.74, 6) is 0.508. The van der Waals surface area contributed by atoms with Crippen LogP contribution in [0.25, 0.3) is 21.7 Å². The Morgan fingerprint density at radius 1 is 1.24 bits per heavy atom. The minimum atomic E-state index is -0.242. The van der Waals surface area contributed by atoms with Crippen molar-refractivity contribution in [3.8, 4) is 11.3 Å². The van der Waals surface area contributed by atoms with E-state index in [0.29, 0.717) is 22.3 Å². The van der Waals surface area contributed by atoms with Gasteiger partial charge in [-0.05, 0) is 19.9 Å². The van der Waals surface area contributed by atoms with E-state index in [9.17, 15) is 0 Å². The smallest absolute Gasteiger partial charge is 0.268 e. The highest BCUT2D eigenvalue weighted by Gasteiger charge is 2.20. The molecule has 0 aliphatic heterocycles. The summed E-state index contributed by atoms with van der Waals surface area (Å²) in [6.45, 7) is 11.2. The summed E-state index contributed by atoms with van der Waals surface area (Å²) in [5.41, 5.74) is 9.93. The minimum Gasteiger partial charge on any atom is -0.392 e. The second kappa shape index (κ2) is 7.37. The lowest BCUT2D eigenvalue weighted by molar-refractivity contribution is 0.841. The predicted octanol–water partition coefficient (Wildman–Crippen LogP) is 4.45. The van der Waals surface area contributed by atoms with Gasteiger partial charge in [-0.25, -0.2) is 24.3 Å². The van der Waals surface area contributed by atoms with Crippen LogP contribution in [-0.4, -0.2) is 24.6 Å². The number of aryl methyl sites for hydroxylation is 1. The van der Waals surface area contributed by atoms with Crippen LogP contribution in [0.3, 0.4) is 0 Å². The molecule has 0 spiro atoms. The fourth-order valence-electron chi connectivity index (χ4n) is 3.11. The quantitative estimate of drug-likeness (QED) is 0.487. The third-order valence-electron chi connectivity index (χ3n) is 4.57. The van der Waals surface area contributed by atoms with E-state index in [4.69, 9.17) is 29.0 Å².